The van der Waals surface area contributed by atoms with Crippen molar-refractivity contribution < 1.29 is 5.11 Å². The quantitative estimate of drug-likeness (QED) is 0.486. The van der Waals surface area contributed by atoms with Gasteiger partial charge in [-0.15, -0.1) is 0 Å². The van der Waals surface area contributed by atoms with Crippen molar-refractivity contribution in [3.05, 3.63) is 0 Å². The third kappa shape index (κ3) is 9.53. The molecule has 0 fully saturated rings. The Balaban J connectivity index is 3.93. The van der Waals surface area contributed by atoms with Gasteiger partial charge in [-0.2, -0.15) is 0 Å². The van der Waals surface area contributed by atoms with Crippen molar-refractivity contribution in [3.8, 4) is 0 Å². The number of nitrogens with one attached hydrogen (secondary N) is 1. The maximum absolute atomic E-state index is 9.68. The van der Waals surface area contributed by atoms with Gasteiger partial charge in [0.05, 0.1) is 12.6 Å². The van der Waals surface area contributed by atoms with Crippen LogP contribution in [0.15, 0.2) is 4.99 Å². The van der Waals surface area contributed by atoms with Crippen molar-refractivity contribution in [3.63, 3.8) is 0 Å². The van der Waals surface area contributed by atoms with Crippen LogP contribution >= 0.6 is 0 Å². The molecule has 0 heterocycles. The number of aliphatic hydroxyl groups is 1. The van der Waals surface area contributed by atoms with Crippen molar-refractivity contribution in [2.75, 3.05) is 6.54 Å². The van der Waals surface area contributed by atoms with Gasteiger partial charge in [-0.25, -0.2) is 0 Å². The number of nitrogens with zero attached hydrogens (tertiary/aromatic N) is 1. The van der Waals surface area contributed by atoms with Gasteiger partial charge in [0, 0.05) is 6.04 Å². The van der Waals surface area contributed by atoms with Crippen LogP contribution in [0.4, 0.5) is 0 Å². The Morgan fingerprint density at radius 3 is 2.33 bits per heavy atom. The van der Waals surface area contributed by atoms with Gasteiger partial charge in [0.25, 0.3) is 0 Å². The standard InChI is InChI=1S/C11H25N3O/c1-8(2)14-10(12)13-7-9(15)6-11(3,4)5/h8-9,15H,6-7H2,1-5H3,(H3,12,13,14). The molecule has 4 nitrogen and oxygen atoms in total. The highest BCUT2D eigenvalue weighted by Gasteiger charge is 2.16. The first-order chi connectivity index (χ1) is 6.70. The monoisotopic (exact) mass is 215 g/mol. The third-order valence-corrected chi connectivity index (χ3v) is 1.76. The highest BCUT2D eigenvalue weighted by atomic mass is 16.3. The first kappa shape index (κ1) is 14.2. The van der Waals surface area contributed by atoms with Crippen molar-refractivity contribution in [2.45, 2.75) is 53.2 Å². The number of hydrogen-bond donors (Lipinski definition) is 3. The molecule has 90 valence electrons. The minimum Gasteiger partial charge on any atom is -0.391 e. The zero-order valence-electron chi connectivity index (χ0n) is 10.5. The summed E-state index contributed by atoms with van der Waals surface area (Å²) in [6.45, 7) is 10.6. The maximum Gasteiger partial charge on any atom is 0.188 e. The van der Waals surface area contributed by atoms with E-state index in [2.05, 4.69) is 31.1 Å². The summed E-state index contributed by atoms with van der Waals surface area (Å²) in [7, 11) is 0. The molecule has 0 radical (unpaired) electrons. The largest absolute Gasteiger partial charge is 0.391 e. The minimum absolute atomic E-state index is 0.120. The molecule has 0 aromatic heterocycles. The number of guanidine groups is 1. The maximum atomic E-state index is 9.68. The predicted molar refractivity (Wildman–Crippen MR) is 64.8 cm³/mol. The molecule has 0 aromatic rings. The first-order valence-electron chi connectivity index (χ1n) is 5.45. The van der Waals surface area contributed by atoms with Gasteiger partial charge in [0.15, 0.2) is 5.96 Å². The second kappa shape index (κ2) is 5.95. The van der Waals surface area contributed by atoms with E-state index in [-0.39, 0.29) is 11.5 Å². The number of nitrogens with two attached hydrogens (primary N) is 1. The number of rotatable bonds is 4. The van der Waals surface area contributed by atoms with E-state index in [4.69, 9.17) is 5.73 Å². The van der Waals surface area contributed by atoms with E-state index < -0.39 is 6.10 Å². The summed E-state index contributed by atoms with van der Waals surface area (Å²) in [6, 6.07) is 0.272. The zero-order chi connectivity index (χ0) is 12.1. The van der Waals surface area contributed by atoms with Crippen molar-refractivity contribution in [1.82, 2.24) is 5.32 Å². The Morgan fingerprint density at radius 2 is 1.93 bits per heavy atom. The smallest absolute Gasteiger partial charge is 0.188 e. The van der Waals surface area contributed by atoms with E-state index in [0.29, 0.717) is 12.5 Å². The molecule has 0 saturated heterocycles. The highest BCUT2D eigenvalue weighted by molar-refractivity contribution is 5.78. The molecular formula is C11H25N3O. The molecule has 4 heteroatoms. The molecule has 0 aliphatic rings. The summed E-state index contributed by atoms with van der Waals surface area (Å²) in [6.07, 6.45) is 0.309. The molecule has 0 aliphatic carbocycles. The van der Waals surface area contributed by atoms with Gasteiger partial charge in [-0.3, -0.25) is 4.99 Å². The van der Waals surface area contributed by atoms with Gasteiger partial charge in [-0.05, 0) is 25.7 Å². The van der Waals surface area contributed by atoms with E-state index in [0.717, 1.165) is 6.42 Å². The summed E-state index contributed by atoms with van der Waals surface area (Å²) in [5, 5.41) is 12.7. The Bertz CT molecular complexity index is 206. The summed E-state index contributed by atoms with van der Waals surface area (Å²) < 4.78 is 0. The molecule has 0 spiro atoms. The van der Waals surface area contributed by atoms with Gasteiger partial charge in [-0.1, -0.05) is 20.8 Å². The first-order valence-corrected chi connectivity index (χ1v) is 5.45. The van der Waals surface area contributed by atoms with Gasteiger partial charge in [0.2, 0.25) is 0 Å². The predicted octanol–water partition coefficient (Wildman–Crippen LogP) is 1.10. The molecule has 0 bridgehead atoms. The lowest BCUT2D eigenvalue weighted by atomic mass is 9.89. The lowest BCUT2D eigenvalue weighted by Gasteiger charge is -2.21. The molecular weight excluding hydrogens is 190 g/mol. The fraction of sp³-hybridized carbons (Fsp3) is 0.909. The van der Waals surface area contributed by atoms with Crippen LogP contribution < -0.4 is 11.1 Å². The fourth-order valence-electron chi connectivity index (χ4n) is 1.32. The van der Waals surface area contributed by atoms with Crippen molar-refractivity contribution in [1.29, 1.82) is 0 Å². The summed E-state index contributed by atoms with van der Waals surface area (Å²) in [5.41, 5.74) is 5.73. The molecule has 1 unspecified atom stereocenters. The zero-order valence-corrected chi connectivity index (χ0v) is 10.5. The second-order valence-corrected chi connectivity index (χ2v) is 5.44. The number of aliphatic hydroxyl groups excluding tert-OH is 1. The Hall–Kier alpha value is -0.770. The van der Waals surface area contributed by atoms with E-state index in [1.54, 1.807) is 0 Å². The number of hydrogen-bond acceptors (Lipinski definition) is 2. The van der Waals surface area contributed by atoms with E-state index in [1.807, 2.05) is 13.8 Å². The van der Waals surface area contributed by atoms with Crippen LogP contribution in [-0.4, -0.2) is 29.8 Å². The minimum atomic E-state index is -0.419. The molecule has 0 rings (SSSR count). The van der Waals surface area contributed by atoms with Crippen LogP contribution in [-0.2, 0) is 0 Å². The Labute approximate surface area is 93.0 Å². The lowest BCUT2D eigenvalue weighted by molar-refractivity contribution is 0.129. The Morgan fingerprint density at radius 1 is 1.40 bits per heavy atom. The summed E-state index contributed by atoms with van der Waals surface area (Å²) >= 11 is 0. The number of aliphatic imine (C=N–C) groups is 1. The lowest BCUT2D eigenvalue weighted by Crippen LogP contribution is -2.37. The normalized spacial score (nSPS) is 15.5. The summed E-state index contributed by atoms with van der Waals surface area (Å²) in [5.74, 6) is 0.401. The average molecular weight is 215 g/mol. The van der Waals surface area contributed by atoms with Crippen LogP contribution in [0.25, 0.3) is 0 Å². The van der Waals surface area contributed by atoms with Gasteiger partial charge >= 0.3 is 0 Å². The van der Waals surface area contributed by atoms with Crippen LogP contribution in [0.2, 0.25) is 0 Å². The van der Waals surface area contributed by atoms with E-state index >= 15 is 0 Å². The van der Waals surface area contributed by atoms with Crippen LogP contribution in [0.5, 0.6) is 0 Å². The molecule has 4 N–H and O–H groups in total. The topological polar surface area (TPSA) is 70.6 Å². The summed E-state index contributed by atoms with van der Waals surface area (Å²) in [4.78, 5) is 4.08. The van der Waals surface area contributed by atoms with E-state index in [1.165, 1.54) is 0 Å². The van der Waals surface area contributed by atoms with Crippen LogP contribution in [0.3, 0.4) is 0 Å². The van der Waals surface area contributed by atoms with Crippen molar-refractivity contribution in [2.24, 2.45) is 16.1 Å². The van der Waals surface area contributed by atoms with Gasteiger partial charge < -0.3 is 16.2 Å². The molecule has 0 amide bonds. The molecule has 15 heavy (non-hydrogen) atoms. The molecule has 0 saturated carbocycles. The van der Waals surface area contributed by atoms with Crippen LogP contribution in [0.1, 0.15) is 41.0 Å². The fourth-order valence-corrected chi connectivity index (χ4v) is 1.32. The average Bonchev–Trinajstić information content (AvgIpc) is 1.96. The third-order valence-electron chi connectivity index (χ3n) is 1.76. The van der Waals surface area contributed by atoms with Crippen LogP contribution in [0, 0.1) is 5.41 Å². The Kier molecular flexibility index (Phi) is 5.65. The van der Waals surface area contributed by atoms with Gasteiger partial charge in [0.1, 0.15) is 0 Å². The highest BCUT2D eigenvalue weighted by Crippen LogP contribution is 2.20. The molecule has 0 aromatic carbocycles. The molecule has 1 atom stereocenters. The molecule has 0 aliphatic heterocycles. The second-order valence-electron chi connectivity index (χ2n) is 5.44. The van der Waals surface area contributed by atoms with E-state index in [9.17, 15) is 5.11 Å². The SMILES string of the molecule is CC(C)NC(N)=NCC(O)CC(C)(C)C. The van der Waals surface area contributed by atoms with Crippen molar-refractivity contribution >= 4 is 5.96 Å².